The number of benzene rings is 1. The molecular formula is C12H13ClN2O2. The molecule has 1 amide bonds. The lowest BCUT2D eigenvalue weighted by Crippen LogP contribution is -2.27. The van der Waals surface area contributed by atoms with Crippen molar-refractivity contribution < 1.29 is 9.59 Å². The number of hydrogen-bond donors (Lipinski definition) is 1. The third-order valence-electron chi connectivity index (χ3n) is 3.05. The van der Waals surface area contributed by atoms with E-state index in [2.05, 4.69) is 0 Å². The van der Waals surface area contributed by atoms with Crippen LogP contribution in [0.25, 0.3) is 0 Å². The van der Waals surface area contributed by atoms with Gasteiger partial charge in [0.1, 0.15) is 0 Å². The van der Waals surface area contributed by atoms with Gasteiger partial charge in [0.2, 0.25) is 5.91 Å². The Morgan fingerprint density at radius 2 is 2.29 bits per heavy atom. The number of aldehydes is 1. The number of primary amides is 1. The van der Waals surface area contributed by atoms with E-state index in [0.717, 1.165) is 24.9 Å². The highest BCUT2D eigenvalue weighted by atomic mass is 35.5. The van der Waals surface area contributed by atoms with Crippen LogP contribution in [0.3, 0.4) is 0 Å². The minimum absolute atomic E-state index is 0.145. The molecule has 1 aromatic carbocycles. The van der Waals surface area contributed by atoms with Crippen molar-refractivity contribution in [2.75, 3.05) is 18.0 Å². The van der Waals surface area contributed by atoms with Crippen molar-refractivity contribution in [3.8, 4) is 0 Å². The fourth-order valence-electron chi connectivity index (χ4n) is 2.10. The van der Waals surface area contributed by atoms with Crippen LogP contribution in [0.2, 0.25) is 5.02 Å². The highest BCUT2D eigenvalue weighted by molar-refractivity contribution is 6.31. The molecule has 0 spiro atoms. The Hall–Kier alpha value is -1.55. The van der Waals surface area contributed by atoms with Crippen LogP contribution >= 0.6 is 11.6 Å². The van der Waals surface area contributed by atoms with E-state index in [1.54, 1.807) is 18.2 Å². The minimum Gasteiger partial charge on any atom is -0.370 e. The van der Waals surface area contributed by atoms with Gasteiger partial charge in [-0.25, -0.2) is 0 Å². The zero-order valence-electron chi connectivity index (χ0n) is 9.23. The summed E-state index contributed by atoms with van der Waals surface area (Å²) in [6.45, 7) is 1.27. The molecule has 1 aliphatic rings. The van der Waals surface area contributed by atoms with Crippen LogP contribution in [-0.2, 0) is 4.79 Å². The van der Waals surface area contributed by atoms with Gasteiger partial charge < -0.3 is 10.6 Å². The van der Waals surface area contributed by atoms with Crippen molar-refractivity contribution in [1.82, 2.24) is 0 Å². The Bertz CT molecular complexity index is 462. The van der Waals surface area contributed by atoms with Crippen LogP contribution < -0.4 is 10.6 Å². The SMILES string of the molecule is NC(=O)C1CCN(c2cc(Cl)ccc2C=O)C1. The third kappa shape index (κ3) is 2.42. The first-order chi connectivity index (χ1) is 8.11. The van der Waals surface area contributed by atoms with Gasteiger partial charge >= 0.3 is 0 Å². The number of rotatable bonds is 3. The lowest BCUT2D eigenvalue weighted by atomic mass is 10.1. The number of carbonyl (C=O) groups excluding carboxylic acids is 2. The van der Waals surface area contributed by atoms with Gasteiger partial charge in [0.25, 0.3) is 0 Å². The molecule has 1 unspecified atom stereocenters. The van der Waals surface area contributed by atoms with Gasteiger partial charge in [-0.15, -0.1) is 0 Å². The van der Waals surface area contributed by atoms with Gasteiger partial charge in [-0.3, -0.25) is 9.59 Å². The average Bonchev–Trinajstić information content (AvgIpc) is 2.78. The van der Waals surface area contributed by atoms with Crippen LogP contribution in [0, 0.1) is 5.92 Å². The molecule has 1 aliphatic heterocycles. The first-order valence-electron chi connectivity index (χ1n) is 5.41. The molecule has 0 saturated carbocycles. The summed E-state index contributed by atoms with van der Waals surface area (Å²) in [5.74, 6) is -0.435. The quantitative estimate of drug-likeness (QED) is 0.829. The monoisotopic (exact) mass is 252 g/mol. The number of nitrogens with zero attached hydrogens (tertiary/aromatic N) is 1. The summed E-state index contributed by atoms with van der Waals surface area (Å²) in [5.41, 5.74) is 6.63. The summed E-state index contributed by atoms with van der Waals surface area (Å²) < 4.78 is 0. The molecule has 4 nitrogen and oxygen atoms in total. The summed E-state index contributed by atoms with van der Waals surface area (Å²) in [5, 5.41) is 0.577. The maximum absolute atomic E-state index is 11.1. The first kappa shape index (κ1) is 11.9. The highest BCUT2D eigenvalue weighted by Gasteiger charge is 2.27. The van der Waals surface area contributed by atoms with Crippen molar-refractivity contribution in [2.45, 2.75) is 6.42 Å². The maximum Gasteiger partial charge on any atom is 0.222 e. The smallest absolute Gasteiger partial charge is 0.222 e. The zero-order chi connectivity index (χ0) is 12.4. The molecule has 1 heterocycles. The van der Waals surface area contributed by atoms with Gasteiger partial charge in [0, 0.05) is 29.4 Å². The number of nitrogens with two attached hydrogens (primary N) is 1. The van der Waals surface area contributed by atoms with Crippen LogP contribution in [0.4, 0.5) is 5.69 Å². The van der Waals surface area contributed by atoms with E-state index in [9.17, 15) is 9.59 Å². The Balaban J connectivity index is 2.26. The molecule has 90 valence electrons. The van der Waals surface area contributed by atoms with E-state index in [0.29, 0.717) is 17.1 Å². The molecule has 1 atom stereocenters. The summed E-state index contributed by atoms with van der Waals surface area (Å²) in [6.07, 6.45) is 1.52. The van der Waals surface area contributed by atoms with Crippen LogP contribution in [-0.4, -0.2) is 25.3 Å². The van der Waals surface area contributed by atoms with Gasteiger partial charge in [-0.05, 0) is 24.6 Å². The first-order valence-corrected chi connectivity index (χ1v) is 5.78. The van der Waals surface area contributed by atoms with E-state index in [1.807, 2.05) is 4.90 Å². The Labute approximate surface area is 104 Å². The predicted octanol–water partition coefficient (Wildman–Crippen LogP) is 1.46. The number of hydrogen-bond acceptors (Lipinski definition) is 3. The summed E-state index contributed by atoms with van der Waals surface area (Å²) in [7, 11) is 0. The normalized spacial score (nSPS) is 19.4. The summed E-state index contributed by atoms with van der Waals surface area (Å²) >= 11 is 5.92. The molecule has 17 heavy (non-hydrogen) atoms. The van der Waals surface area contributed by atoms with Crippen molar-refractivity contribution >= 4 is 29.5 Å². The van der Waals surface area contributed by atoms with Crippen molar-refractivity contribution in [3.05, 3.63) is 28.8 Å². The van der Waals surface area contributed by atoms with Gasteiger partial charge in [0.05, 0.1) is 5.92 Å². The van der Waals surface area contributed by atoms with Crippen molar-refractivity contribution in [1.29, 1.82) is 0 Å². The molecule has 1 saturated heterocycles. The molecule has 0 radical (unpaired) electrons. The maximum atomic E-state index is 11.1. The predicted molar refractivity (Wildman–Crippen MR) is 66.4 cm³/mol. The Morgan fingerprint density at radius 1 is 1.53 bits per heavy atom. The van der Waals surface area contributed by atoms with E-state index >= 15 is 0 Å². The second-order valence-electron chi connectivity index (χ2n) is 4.15. The fourth-order valence-corrected chi connectivity index (χ4v) is 2.27. The molecular weight excluding hydrogens is 240 g/mol. The molecule has 1 aromatic rings. The van der Waals surface area contributed by atoms with Gasteiger partial charge in [-0.1, -0.05) is 11.6 Å². The lowest BCUT2D eigenvalue weighted by Gasteiger charge is -2.20. The molecule has 0 bridgehead atoms. The highest BCUT2D eigenvalue weighted by Crippen LogP contribution is 2.28. The van der Waals surface area contributed by atoms with Crippen molar-refractivity contribution in [2.24, 2.45) is 11.7 Å². The summed E-state index contributed by atoms with van der Waals surface area (Å²) in [6, 6.07) is 5.10. The molecule has 0 aromatic heterocycles. The standard InChI is InChI=1S/C12H13ClN2O2/c13-10-2-1-9(7-16)11(5-10)15-4-3-8(6-15)12(14)17/h1-2,5,7-8H,3-4,6H2,(H2,14,17). The molecule has 2 rings (SSSR count). The number of carbonyl (C=O) groups is 2. The lowest BCUT2D eigenvalue weighted by molar-refractivity contribution is -0.121. The minimum atomic E-state index is -0.290. The molecule has 5 heteroatoms. The topological polar surface area (TPSA) is 63.4 Å². The largest absolute Gasteiger partial charge is 0.370 e. The Morgan fingerprint density at radius 3 is 2.88 bits per heavy atom. The average molecular weight is 253 g/mol. The number of halogens is 1. The molecule has 1 fully saturated rings. The number of anilines is 1. The molecule has 0 aliphatic carbocycles. The van der Waals surface area contributed by atoms with Crippen LogP contribution in [0.15, 0.2) is 18.2 Å². The van der Waals surface area contributed by atoms with E-state index in [-0.39, 0.29) is 11.8 Å². The van der Waals surface area contributed by atoms with Crippen LogP contribution in [0.5, 0.6) is 0 Å². The second-order valence-corrected chi connectivity index (χ2v) is 4.59. The van der Waals surface area contributed by atoms with E-state index in [1.165, 1.54) is 0 Å². The van der Waals surface area contributed by atoms with E-state index < -0.39 is 0 Å². The van der Waals surface area contributed by atoms with Gasteiger partial charge in [-0.2, -0.15) is 0 Å². The third-order valence-corrected chi connectivity index (χ3v) is 3.29. The van der Waals surface area contributed by atoms with E-state index in [4.69, 9.17) is 17.3 Å². The second kappa shape index (κ2) is 4.75. The Kier molecular flexibility index (Phi) is 3.33. The van der Waals surface area contributed by atoms with Gasteiger partial charge in [0.15, 0.2) is 6.29 Å². The van der Waals surface area contributed by atoms with Crippen LogP contribution in [0.1, 0.15) is 16.8 Å². The number of amides is 1. The van der Waals surface area contributed by atoms with Crippen molar-refractivity contribution in [3.63, 3.8) is 0 Å². The fraction of sp³-hybridized carbons (Fsp3) is 0.333. The summed E-state index contributed by atoms with van der Waals surface area (Å²) in [4.78, 5) is 24.0. The zero-order valence-corrected chi connectivity index (χ0v) is 9.98. The molecule has 2 N–H and O–H groups in total.